The Labute approximate surface area is 124 Å². The molecule has 22 heavy (non-hydrogen) atoms. The van der Waals surface area contributed by atoms with E-state index in [-0.39, 0.29) is 5.56 Å². The highest BCUT2D eigenvalue weighted by molar-refractivity contribution is 6.05. The Morgan fingerprint density at radius 1 is 1.09 bits per heavy atom. The first-order valence-electron chi connectivity index (χ1n) is 6.69. The van der Waals surface area contributed by atoms with E-state index in [1.807, 2.05) is 24.3 Å². The molecule has 0 saturated heterocycles. The van der Waals surface area contributed by atoms with Crippen LogP contribution in [-0.4, -0.2) is 15.0 Å². The van der Waals surface area contributed by atoms with Crippen LogP contribution in [0.2, 0.25) is 0 Å². The fourth-order valence-electron chi connectivity index (χ4n) is 2.55. The summed E-state index contributed by atoms with van der Waals surface area (Å²) in [6.45, 7) is 0. The van der Waals surface area contributed by atoms with E-state index in [9.17, 15) is 4.39 Å². The van der Waals surface area contributed by atoms with Gasteiger partial charge in [-0.25, -0.2) is 9.37 Å². The molecule has 1 aromatic carbocycles. The van der Waals surface area contributed by atoms with Gasteiger partial charge in [-0.05, 0) is 36.4 Å². The van der Waals surface area contributed by atoms with E-state index in [0.717, 1.165) is 21.9 Å². The largest absolute Gasteiger partial charge is 0.339 e. The maximum absolute atomic E-state index is 13.4. The molecule has 4 nitrogen and oxygen atoms in total. The smallest absolute Gasteiger partial charge is 0.140 e. The quantitative estimate of drug-likeness (QED) is 0.579. The lowest BCUT2D eigenvalue weighted by atomic mass is 10.1. The summed E-state index contributed by atoms with van der Waals surface area (Å²) in [5, 5.41) is 10.9. The SMILES string of the molecule is N#Cc1cc(-c2ccc3c(n2)[nH]c2ccncc23)ccc1F. The maximum Gasteiger partial charge on any atom is 0.140 e. The van der Waals surface area contributed by atoms with Gasteiger partial charge in [0.05, 0.1) is 16.8 Å². The average molecular weight is 288 g/mol. The molecule has 4 aromatic rings. The number of aromatic nitrogens is 3. The first kappa shape index (κ1) is 12.5. The predicted octanol–water partition coefficient (Wildman–Crippen LogP) is 3.79. The number of fused-ring (bicyclic) bond motifs is 3. The summed E-state index contributed by atoms with van der Waals surface area (Å²) in [6, 6.07) is 12.0. The third-order valence-electron chi connectivity index (χ3n) is 3.64. The van der Waals surface area contributed by atoms with Crippen LogP contribution in [0.15, 0.2) is 48.8 Å². The fraction of sp³-hybridized carbons (Fsp3) is 0. The van der Waals surface area contributed by atoms with Crippen molar-refractivity contribution < 1.29 is 4.39 Å². The number of H-pyrrole nitrogens is 1. The summed E-state index contributed by atoms with van der Waals surface area (Å²) in [7, 11) is 0. The Morgan fingerprint density at radius 3 is 2.86 bits per heavy atom. The summed E-state index contributed by atoms with van der Waals surface area (Å²) in [6.07, 6.45) is 3.51. The lowest BCUT2D eigenvalue weighted by Gasteiger charge is -2.02. The molecule has 3 heterocycles. The van der Waals surface area contributed by atoms with E-state index in [1.54, 1.807) is 18.5 Å². The number of nitrogens with one attached hydrogen (secondary N) is 1. The normalized spacial score (nSPS) is 10.9. The van der Waals surface area contributed by atoms with E-state index in [2.05, 4.69) is 15.0 Å². The second-order valence-electron chi connectivity index (χ2n) is 4.95. The number of benzene rings is 1. The minimum atomic E-state index is -0.524. The van der Waals surface area contributed by atoms with Gasteiger partial charge in [-0.1, -0.05) is 0 Å². The number of halogens is 1. The van der Waals surface area contributed by atoms with Crippen molar-refractivity contribution in [3.05, 3.63) is 60.2 Å². The van der Waals surface area contributed by atoms with Crippen LogP contribution in [0.5, 0.6) is 0 Å². The van der Waals surface area contributed by atoms with Crippen LogP contribution in [0.1, 0.15) is 5.56 Å². The standard InChI is InChI=1S/C17H9FN4/c18-14-3-1-10(7-11(14)8-19)15-4-2-12-13-9-20-6-5-16(13)22-17(12)21-15/h1-7,9H,(H,21,22). The number of nitrogens with zero attached hydrogens (tertiary/aromatic N) is 3. The second kappa shape index (κ2) is 4.64. The van der Waals surface area contributed by atoms with Gasteiger partial charge in [0, 0.05) is 28.7 Å². The van der Waals surface area contributed by atoms with Crippen LogP contribution in [-0.2, 0) is 0 Å². The van der Waals surface area contributed by atoms with Crippen LogP contribution in [0, 0.1) is 17.1 Å². The molecular formula is C17H9FN4. The Kier molecular flexibility index (Phi) is 2.63. The number of aromatic amines is 1. The van der Waals surface area contributed by atoms with Crippen molar-refractivity contribution in [2.24, 2.45) is 0 Å². The van der Waals surface area contributed by atoms with E-state index >= 15 is 0 Å². The van der Waals surface area contributed by atoms with Gasteiger partial charge in [-0.15, -0.1) is 0 Å². The van der Waals surface area contributed by atoms with Gasteiger partial charge in [-0.3, -0.25) is 4.98 Å². The molecule has 0 spiro atoms. The molecule has 0 bridgehead atoms. The molecule has 0 fully saturated rings. The first-order chi connectivity index (χ1) is 10.8. The van der Waals surface area contributed by atoms with Crippen molar-refractivity contribution in [2.75, 3.05) is 0 Å². The Bertz CT molecular complexity index is 1060. The summed E-state index contributed by atoms with van der Waals surface area (Å²) in [5.41, 5.74) is 3.11. The lowest BCUT2D eigenvalue weighted by Crippen LogP contribution is -1.88. The summed E-state index contributed by atoms with van der Waals surface area (Å²) < 4.78 is 13.4. The highest BCUT2D eigenvalue weighted by Gasteiger charge is 2.09. The van der Waals surface area contributed by atoms with E-state index in [0.29, 0.717) is 11.3 Å². The molecule has 0 radical (unpaired) electrons. The summed E-state index contributed by atoms with van der Waals surface area (Å²) in [4.78, 5) is 11.9. The van der Waals surface area contributed by atoms with Gasteiger partial charge in [-0.2, -0.15) is 5.26 Å². The second-order valence-corrected chi connectivity index (χ2v) is 4.95. The molecule has 0 aliphatic rings. The summed E-state index contributed by atoms with van der Waals surface area (Å²) >= 11 is 0. The van der Waals surface area contributed by atoms with E-state index in [4.69, 9.17) is 5.26 Å². The molecule has 0 amide bonds. The van der Waals surface area contributed by atoms with Crippen molar-refractivity contribution >= 4 is 21.9 Å². The first-order valence-corrected chi connectivity index (χ1v) is 6.69. The van der Waals surface area contributed by atoms with Crippen LogP contribution in [0.4, 0.5) is 4.39 Å². The molecule has 3 aromatic heterocycles. The van der Waals surface area contributed by atoms with Gasteiger partial charge >= 0.3 is 0 Å². The molecule has 4 rings (SSSR count). The Morgan fingerprint density at radius 2 is 2.00 bits per heavy atom. The molecule has 0 saturated carbocycles. The maximum atomic E-state index is 13.4. The highest BCUT2D eigenvalue weighted by Crippen LogP contribution is 2.27. The van der Waals surface area contributed by atoms with Gasteiger partial charge in [0.1, 0.15) is 17.5 Å². The zero-order valence-corrected chi connectivity index (χ0v) is 11.3. The number of hydrogen-bond acceptors (Lipinski definition) is 3. The Hall–Kier alpha value is -3.26. The predicted molar refractivity (Wildman–Crippen MR) is 81.5 cm³/mol. The molecule has 0 atom stereocenters. The topological polar surface area (TPSA) is 65.4 Å². The van der Waals surface area contributed by atoms with Crippen molar-refractivity contribution in [3.63, 3.8) is 0 Å². The molecule has 1 N–H and O–H groups in total. The van der Waals surface area contributed by atoms with Gasteiger partial charge in [0.15, 0.2) is 0 Å². The zero-order valence-electron chi connectivity index (χ0n) is 11.3. The van der Waals surface area contributed by atoms with Crippen molar-refractivity contribution in [1.29, 1.82) is 5.26 Å². The van der Waals surface area contributed by atoms with Crippen LogP contribution >= 0.6 is 0 Å². The van der Waals surface area contributed by atoms with Gasteiger partial charge in [0.25, 0.3) is 0 Å². The molecule has 5 heteroatoms. The molecule has 0 unspecified atom stereocenters. The van der Waals surface area contributed by atoms with Crippen LogP contribution < -0.4 is 0 Å². The molecule has 0 aliphatic heterocycles. The lowest BCUT2D eigenvalue weighted by molar-refractivity contribution is 0.624. The molecular weight excluding hydrogens is 279 g/mol. The van der Waals surface area contributed by atoms with E-state index in [1.165, 1.54) is 12.1 Å². The number of pyridine rings is 2. The summed E-state index contributed by atoms with van der Waals surface area (Å²) in [5.74, 6) is -0.524. The average Bonchev–Trinajstić information content (AvgIpc) is 2.93. The molecule has 0 aliphatic carbocycles. The fourth-order valence-corrected chi connectivity index (χ4v) is 2.55. The van der Waals surface area contributed by atoms with Crippen molar-refractivity contribution in [3.8, 4) is 17.3 Å². The third kappa shape index (κ3) is 1.82. The Balaban J connectivity index is 1.93. The third-order valence-corrected chi connectivity index (χ3v) is 3.64. The monoisotopic (exact) mass is 288 g/mol. The van der Waals surface area contributed by atoms with Gasteiger partial charge in [0.2, 0.25) is 0 Å². The van der Waals surface area contributed by atoms with Crippen LogP contribution in [0.25, 0.3) is 33.2 Å². The molecule has 104 valence electrons. The number of hydrogen-bond donors (Lipinski definition) is 1. The van der Waals surface area contributed by atoms with Gasteiger partial charge < -0.3 is 4.98 Å². The highest BCUT2D eigenvalue weighted by atomic mass is 19.1. The number of rotatable bonds is 1. The minimum absolute atomic E-state index is 0.0141. The minimum Gasteiger partial charge on any atom is -0.339 e. The van der Waals surface area contributed by atoms with Crippen molar-refractivity contribution in [2.45, 2.75) is 0 Å². The van der Waals surface area contributed by atoms with E-state index < -0.39 is 5.82 Å². The number of nitriles is 1. The van der Waals surface area contributed by atoms with Crippen LogP contribution in [0.3, 0.4) is 0 Å². The zero-order chi connectivity index (χ0) is 15.1. The van der Waals surface area contributed by atoms with Crippen molar-refractivity contribution in [1.82, 2.24) is 15.0 Å².